The molecule has 1 nitrogen and oxygen atoms in total. The van der Waals surface area contributed by atoms with E-state index in [0.717, 1.165) is 5.57 Å². The molecule has 0 saturated carbocycles. The Bertz CT molecular complexity index is 156. The third-order valence-corrected chi connectivity index (χ3v) is 1.48. The lowest BCUT2D eigenvalue weighted by atomic mass is 10.0. The zero-order valence-electron chi connectivity index (χ0n) is 7.34. The molecule has 0 fully saturated rings. The molecule has 0 bridgehead atoms. The molecule has 0 aliphatic heterocycles. The SMILES string of the molecule is C=CC(C)C(=C)/C=C\OCC. The van der Waals surface area contributed by atoms with Crippen LogP contribution in [-0.2, 0) is 4.74 Å². The number of rotatable bonds is 5. The first-order valence-electron chi connectivity index (χ1n) is 3.81. The first-order chi connectivity index (χ1) is 5.22. The Morgan fingerprint density at radius 2 is 2.27 bits per heavy atom. The molecule has 0 spiro atoms. The molecule has 0 aliphatic carbocycles. The van der Waals surface area contributed by atoms with Gasteiger partial charge in [-0.15, -0.1) is 6.58 Å². The summed E-state index contributed by atoms with van der Waals surface area (Å²) in [5, 5.41) is 0. The van der Waals surface area contributed by atoms with Crippen molar-refractivity contribution in [3.63, 3.8) is 0 Å². The fourth-order valence-electron chi connectivity index (χ4n) is 0.535. The monoisotopic (exact) mass is 152 g/mol. The lowest BCUT2D eigenvalue weighted by Gasteiger charge is -2.03. The summed E-state index contributed by atoms with van der Waals surface area (Å²) < 4.78 is 5.02. The van der Waals surface area contributed by atoms with Crippen LogP contribution in [0.25, 0.3) is 0 Å². The maximum absolute atomic E-state index is 5.02. The molecule has 0 aromatic heterocycles. The van der Waals surface area contributed by atoms with E-state index in [1.54, 1.807) is 6.26 Å². The van der Waals surface area contributed by atoms with Gasteiger partial charge in [-0.25, -0.2) is 0 Å². The highest BCUT2D eigenvalue weighted by Gasteiger charge is 1.95. The molecule has 11 heavy (non-hydrogen) atoms. The van der Waals surface area contributed by atoms with Gasteiger partial charge in [0.25, 0.3) is 0 Å². The largest absolute Gasteiger partial charge is 0.501 e. The molecule has 1 heteroatoms. The predicted molar refractivity (Wildman–Crippen MR) is 49.3 cm³/mol. The highest BCUT2D eigenvalue weighted by molar-refractivity contribution is 5.19. The van der Waals surface area contributed by atoms with Gasteiger partial charge in [0.05, 0.1) is 12.9 Å². The average molecular weight is 152 g/mol. The third kappa shape index (κ3) is 4.43. The van der Waals surface area contributed by atoms with E-state index in [1.807, 2.05) is 26.0 Å². The second-order valence-electron chi connectivity index (χ2n) is 2.36. The molecule has 0 aromatic rings. The minimum Gasteiger partial charge on any atom is -0.501 e. The quantitative estimate of drug-likeness (QED) is 0.334. The second-order valence-corrected chi connectivity index (χ2v) is 2.36. The summed E-state index contributed by atoms with van der Waals surface area (Å²) in [7, 11) is 0. The van der Waals surface area contributed by atoms with Gasteiger partial charge in [0.15, 0.2) is 0 Å². The number of hydrogen-bond donors (Lipinski definition) is 0. The van der Waals surface area contributed by atoms with E-state index in [4.69, 9.17) is 4.74 Å². The Morgan fingerprint density at radius 1 is 1.64 bits per heavy atom. The highest BCUT2D eigenvalue weighted by Crippen LogP contribution is 2.09. The summed E-state index contributed by atoms with van der Waals surface area (Å²) in [6, 6.07) is 0. The zero-order chi connectivity index (χ0) is 8.69. The Hall–Kier alpha value is -0.980. The van der Waals surface area contributed by atoms with Gasteiger partial charge in [0.2, 0.25) is 0 Å². The molecule has 1 unspecified atom stereocenters. The third-order valence-electron chi connectivity index (χ3n) is 1.48. The summed E-state index contributed by atoms with van der Waals surface area (Å²) in [6.45, 7) is 12.2. The molecule has 1 atom stereocenters. The second kappa shape index (κ2) is 5.78. The van der Waals surface area contributed by atoms with E-state index in [-0.39, 0.29) is 0 Å². The van der Waals surface area contributed by atoms with Crippen molar-refractivity contribution in [3.05, 3.63) is 37.1 Å². The van der Waals surface area contributed by atoms with Crippen molar-refractivity contribution < 1.29 is 4.74 Å². The summed E-state index contributed by atoms with van der Waals surface area (Å²) >= 11 is 0. The molecule has 0 heterocycles. The van der Waals surface area contributed by atoms with Gasteiger partial charge >= 0.3 is 0 Å². The van der Waals surface area contributed by atoms with Gasteiger partial charge in [0.1, 0.15) is 0 Å². The Morgan fingerprint density at radius 3 is 2.73 bits per heavy atom. The van der Waals surface area contributed by atoms with Crippen LogP contribution in [0, 0.1) is 5.92 Å². The molecule has 0 saturated heterocycles. The molecule has 0 N–H and O–H groups in total. The lowest BCUT2D eigenvalue weighted by Crippen LogP contribution is -1.90. The minimum atomic E-state index is 0.326. The van der Waals surface area contributed by atoms with Gasteiger partial charge in [-0.1, -0.05) is 19.6 Å². The van der Waals surface area contributed by atoms with Crippen molar-refractivity contribution in [1.82, 2.24) is 0 Å². The minimum absolute atomic E-state index is 0.326. The van der Waals surface area contributed by atoms with Crippen LogP contribution < -0.4 is 0 Å². The summed E-state index contributed by atoms with van der Waals surface area (Å²) in [6.07, 6.45) is 5.40. The van der Waals surface area contributed by atoms with Gasteiger partial charge < -0.3 is 4.74 Å². The van der Waals surface area contributed by atoms with E-state index in [2.05, 4.69) is 13.2 Å². The van der Waals surface area contributed by atoms with E-state index in [0.29, 0.717) is 12.5 Å². The topological polar surface area (TPSA) is 9.23 Å². The normalized spacial score (nSPS) is 12.9. The van der Waals surface area contributed by atoms with E-state index < -0.39 is 0 Å². The van der Waals surface area contributed by atoms with E-state index >= 15 is 0 Å². The predicted octanol–water partition coefficient (Wildman–Crippen LogP) is 2.91. The smallest absolute Gasteiger partial charge is 0.0845 e. The molecule has 0 radical (unpaired) electrons. The van der Waals surface area contributed by atoms with Crippen LogP contribution in [0.4, 0.5) is 0 Å². The fraction of sp³-hybridized carbons (Fsp3) is 0.400. The van der Waals surface area contributed by atoms with Crippen LogP contribution in [-0.4, -0.2) is 6.61 Å². The van der Waals surface area contributed by atoms with Crippen molar-refractivity contribution >= 4 is 0 Å². The van der Waals surface area contributed by atoms with Crippen LogP contribution in [0.5, 0.6) is 0 Å². The molecule has 0 amide bonds. The molecule has 0 rings (SSSR count). The Balaban J connectivity index is 3.76. The maximum Gasteiger partial charge on any atom is 0.0845 e. The number of hydrogen-bond acceptors (Lipinski definition) is 1. The number of allylic oxidation sites excluding steroid dienone is 3. The average Bonchev–Trinajstić information content (AvgIpc) is 2.03. The first kappa shape index (κ1) is 10.0. The van der Waals surface area contributed by atoms with Gasteiger partial charge in [0, 0.05) is 0 Å². The Labute approximate surface area is 69.1 Å². The summed E-state index contributed by atoms with van der Waals surface area (Å²) in [4.78, 5) is 0. The zero-order valence-corrected chi connectivity index (χ0v) is 7.34. The summed E-state index contributed by atoms with van der Waals surface area (Å²) in [5.41, 5.74) is 1.02. The van der Waals surface area contributed by atoms with Crippen molar-refractivity contribution in [3.8, 4) is 0 Å². The van der Waals surface area contributed by atoms with Crippen LogP contribution in [0.3, 0.4) is 0 Å². The molecule has 62 valence electrons. The van der Waals surface area contributed by atoms with Crippen molar-refractivity contribution in [2.75, 3.05) is 6.61 Å². The van der Waals surface area contributed by atoms with Crippen LogP contribution in [0.2, 0.25) is 0 Å². The van der Waals surface area contributed by atoms with Gasteiger partial charge in [-0.2, -0.15) is 0 Å². The molecular formula is C10H16O. The van der Waals surface area contributed by atoms with E-state index in [9.17, 15) is 0 Å². The first-order valence-corrected chi connectivity index (χ1v) is 3.81. The van der Waals surface area contributed by atoms with Crippen LogP contribution >= 0.6 is 0 Å². The molecule has 0 aromatic carbocycles. The van der Waals surface area contributed by atoms with Crippen molar-refractivity contribution in [2.45, 2.75) is 13.8 Å². The van der Waals surface area contributed by atoms with E-state index in [1.165, 1.54) is 0 Å². The maximum atomic E-state index is 5.02. The van der Waals surface area contributed by atoms with Crippen LogP contribution in [0.15, 0.2) is 37.1 Å². The molecular weight excluding hydrogens is 136 g/mol. The van der Waals surface area contributed by atoms with Crippen LogP contribution in [0.1, 0.15) is 13.8 Å². The van der Waals surface area contributed by atoms with Gasteiger partial charge in [-0.3, -0.25) is 0 Å². The standard InChI is InChI=1S/C10H16O/c1-5-9(3)10(4)7-8-11-6-2/h5,7-9H,1,4,6H2,2-3H3/b8-7-. The number of ether oxygens (including phenoxy) is 1. The lowest BCUT2D eigenvalue weighted by molar-refractivity contribution is 0.269. The molecule has 0 aliphatic rings. The fourth-order valence-corrected chi connectivity index (χ4v) is 0.535. The summed E-state index contributed by atoms with van der Waals surface area (Å²) in [5.74, 6) is 0.326. The highest BCUT2D eigenvalue weighted by atomic mass is 16.5. The Kier molecular flexibility index (Phi) is 5.26. The van der Waals surface area contributed by atoms with Crippen molar-refractivity contribution in [2.24, 2.45) is 5.92 Å². The van der Waals surface area contributed by atoms with Crippen molar-refractivity contribution in [1.29, 1.82) is 0 Å². The van der Waals surface area contributed by atoms with Gasteiger partial charge in [-0.05, 0) is 24.5 Å².